The summed E-state index contributed by atoms with van der Waals surface area (Å²) in [5.41, 5.74) is 1.39. The maximum absolute atomic E-state index is 11.3. The molecule has 0 heterocycles. The molecule has 1 nitrogen and oxygen atoms in total. The number of thioether (sulfide) groups is 1. The Kier molecular flexibility index (Phi) is 5.42. The topological polar surface area (TPSA) is 12.0 Å². The molecule has 0 aliphatic heterocycles. The number of hydrogen-bond donors (Lipinski definition) is 1. The molecule has 0 amide bonds. The second-order valence-corrected chi connectivity index (χ2v) is 3.00. The molecule has 0 aromatic carbocycles. The van der Waals surface area contributed by atoms with Gasteiger partial charge in [0.2, 0.25) is 0 Å². The van der Waals surface area contributed by atoms with E-state index in [4.69, 9.17) is 0 Å². The van der Waals surface area contributed by atoms with E-state index in [1.54, 1.807) is 0 Å². The minimum Gasteiger partial charge on any atom is -0.207 e. The van der Waals surface area contributed by atoms with Crippen LogP contribution in [0.5, 0.6) is 0 Å². The van der Waals surface area contributed by atoms with Gasteiger partial charge in [-0.15, -0.1) is 4.48 Å². The van der Waals surface area contributed by atoms with E-state index in [-0.39, 0.29) is 4.32 Å². The molecule has 0 rings (SSSR count). The van der Waals surface area contributed by atoms with Gasteiger partial charge in [-0.05, 0) is 6.42 Å². The first-order chi connectivity index (χ1) is 3.81. The van der Waals surface area contributed by atoms with Crippen LogP contribution >= 0.6 is 24.0 Å². The van der Waals surface area contributed by atoms with Gasteiger partial charge < -0.3 is 0 Å². The largest absolute Gasteiger partial charge is 0.207 e. The maximum Gasteiger partial charge on any atom is 0.162 e. The Labute approximate surface area is 58.0 Å². The molecule has 0 fully saturated rings. The number of halogens is 1. The highest BCUT2D eigenvalue weighted by Gasteiger charge is 1.90. The van der Waals surface area contributed by atoms with Gasteiger partial charge in [-0.25, -0.2) is 5.54 Å². The molecule has 0 spiro atoms. The molecule has 0 aromatic heterocycles. The van der Waals surface area contributed by atoms with Gasteiger partial charge in [0, 0.05) is 5.75 Å². The Morgan fingerprint density at radius 2 is 2.50 bits per heavy atom. The molecule has 0 radical (unpaired) electrons. The van der Waals surface area contributed by atoms with E-state index >= 15 is 0 Å². The van der Waals surface area contributed by atoms with Crippen LogP contribution in [0.1, 0.15) is 13.3 Å². The second-order valence-electron chi connectivity index (χ2n) is 1.23. The van der Waals surface area contributed by atoms with Crippen LogP contribution in [0.15, 0.2) is 0 Å². The summed E-state index contributed by atoms with van der Waals surface area (Å²) in [6.07, 6.45) is 1.02. The molecule has 0 unspecified atom stereocenters. The van der Waals surface area contributed by atoms with E-state index in [0.717, 1.165) is 12.2 Å². The molecular formula is C4H8FNS2. The van der Waals surface area contributed by atoms with Gasteiger partial charge in [-0.2, -0.15) is 0 Å². The minimum absolute atomic E-state index is 0.229. The highest BCUT2D eigenvalue weighted by Crippen LogP contribution is 2.02. The molecule has 0 aliphatic carbocycles. The second kappa shape index (κ2) is 5.31. The SMILES string of the molecule is CCCSC(=S)NF. The quantitative estimate of drug-likeness (QED) is 0.480. The first kappa shape index (κ1) is 8.17. The molecule has 4 heteroatoms. The van der Waals surface area contributed by atoms with Crippen molar-refractivity contribution in [1.82, 2.24) is 5.54 Å². The third kappa shape index (κ3) is 4.33. The van der Waals surface area contributed by atoms with Crippen molar-refractivity contribution in [1.29, 1.82) is 0 Å². The van der Waals surface area contributed by atoms with Crippen LogP contribution in [0.25, 0.3) is 0 Å². The van der Waals surface area contributed by atoms with E-state index < -0.39 is 0 Å². The molecule has 0 saturated heterocycles. The lowest BCUT2D eigenvalue weighted by atomic mass is 10.6. The molecule has 8 heavy (non-hydrogen) atoms. The summed E-state index contributed by atoms with van der Waals surface area (Å²) >= 11 is 5.82. The first-order valence-electron chi connectivity index (χ1n) is 2.34. The molecular weight excluding hydrogens is 145 g/mol. The molecule has 0 bridgehead atoms. The standard InChI is InChI=1S/C4H8FNS2/c1-2-3-8-4(7)6-5/h2-3H2,1H3,(H,6,7). The van der Waals surface area contributed by atoms with E-state index in [1.165, 1.54) is 17.3 Å². The lowest BCUT2D eigenvalue weighted by molar-refractivity contribution is 0.442. The average Bonchev–Trinajstić information content (AvgIpc) is 1.83. The van der Waals surface area contributed by atoms with Gasteiger partial charge >= 0.3 is 0 Å². The van der Waals surface area contributed by atoms with Crippen LogP contribution in [0.3, 0.4) is 0 Å². The Morgan fingerprint density at radius 1 is 1.88 bits per heavy atom. The Balaban J connectivity index is 2.99. The minimum atomic E-state index is 0.229. The van der Waals surface area contributed by atoms with Crippen molar-refractivity contribution in [2.45, 2.75) is 13.3 Å². The normalized spacial score (nSPS) is 8.75. The summed E-state index contributed by atoms with van der Waals surface area (Å²) in [7, 11) is 0. The zero-order chi connectivity index (χ0) is 6.41. The van der Waals surface area contributed by atoms with Crippen LogP contribution in [0.4, 0.5) is 4.48 Å². The van der Waals surface area contributed by atoms with Crippen molar-refractivity contribution in [2.24, 2.45) is 0 Å². The number of rotatable bonds is 2. The third-order valence-corrected chi connectivity index (χ3v) is 1.90. The number of thiocarbonyl (C=S) groups is 1. The van der Waals surface area contributed by atoms with Crippen molar-refractivity contribution in [2.75, 3.05) is 5.75 Å². The fourth-order valence-electron chi connectivity index (χ4n) is 0.222. The Hall–Kier alpha value is 0.170. The molecule has 0 atom stereocenters. The fraction of sp³-hybridized carbons (Fsp3) is 0.750. The molecule has 0 saturated carbocycles. The summed E-state index contributed by atoms with van der Waals surface area (Å²) in [5.74, 6) is 0.885. The van der Waals surface area contributed by atoms with Gasteiger partial charge in [0.15, 0.2) is 4.32 Å². The number of hydrogen-bond acceptors (Lipinski definition) is 2. The first-order valence-corrected chi connectivity index (χ1v) is 3.74. The zero-order valence-electron chi connectivity index (χ0n) is 4.61. The third-order valence-electron chi connectivity index (χ3n) is 0.514. The van der Waals surface area contributed by atoms with Gasteiger partial charge in [-0.3, -0.25) is 0 Å². The lowest BCUT2D eigenvalue weighted by Crippen LogP contribution is -2.05. The Morgan fingerprint density at radius 3 is 2.88 bits per heavy atom. The van der Waals surface area contributed by atoms with E-state index in [1.807, 2.05) is 6.92 Å². The van der Waals surface area contributed by atoms with Crippen LogP contribution in [-0.4, -0.2) is 10.1 Å². The average molecular weight is 153 g/mol. The maximum atomic E-state index is 11.3. The van der Waals surface area contributed by atoms with Crippen LogP contribution < -0.4 is 5.54 Å². The summed E-state index contributed by atoms with van der Waals surface area (Å²) in [4.78, 5) is 0. The predicted molar refractivity (Wildman–Crippen MR) is 39.6 cm³/mol. The summed E-state index contributed by atoms with van der Waals surface area (Å²) in [6.45, 7) is 2.02. The van der Waals surface area contributed by atoms with E-state index in [9.17, 15) is 4.48 Å². The van der Waals surface area contributed by atoms with Crippen molar-refractivity contribution >= 4 is 28.3 Å². The van der Waals surface area contributed by atoms with Gasteiger partial charge in [0.1, 0.15) is 0 Å². The number of nitrogens with one attached hydrogen (secondary N) is 1. The summed E-state index contributed by atoms with van der Waals surface area (Å²) in [6, 6.07) is 0. The lowest BCUT2D eigenvalue weighted by Gasteiger charge is -1.94. The summed E-state index contributed by atoms with van der Waals surface area (Å²) in [5, 5.41) is 0. The highest BCUT2D eigenvalue weighted by molar-refractivity contribution is 8.22. The van der Waals surface area contributed by atoms with Gasteiger partial charge in [0.05, 0.1) is 0 Å². The van der Waals surface area contributed by atoms with Crippen LogP contribution in [-0.2, 0) is 0 Å². The van der Waals surface area contributed by atoms with Gasteiger partial charge in [0.25, 0.3) is 0 Å². The monoisotopic (exact) mass is 153 g/mol. The van der Waals surface area contributed by atoms with Crippen molar-refractivity contribution in [3.63, 3.8) is 0 Å². The van der Waals surface area contributed by atoms with Crippen LogP contribution in [0, 0.1) is 0 Å². The molecule has 48 valence electrons. The highest BCUT2D eigenvalue weighted by atomic mass is 32.2. The van der Waals surface area contributed by atoms with Crippen LogP contribution in [0.2, 0.25) is 0 Å². The smallest absolute Gasteiger partial charge is 0.162 e. The van der Waals surface area contributed by atoms with E-state index in [2.05, 4.69) is 12.2 Å². The van der Waals surface area contributed by atoms with Crippen molar-refractivity contribution < 1.29 is 4.48 Å². The van der Waals surface area contributed by atoms with Gasteiger partial charge in [-0.1, -0.05) is 30.9 Å². The van der Waals surface area contributed by atoms with E-state index in [0.29, 0.717) is 0 Å². The fourth-order valence-corrected chi connectivity index (χ4v) is 0.916. The zero-order valence-corrected chi connectivity index (χ0v) is 6.24. The molecule has 1 N–H and O–H groups in total. The van der Waals surface area contributed by atoms with Crippen molar-refractivity contribution in [3.05, 3.63) is 0 Å². The Bertz CT molecular complexity index is 76.4. The molecule has 0 aromatic rings. The van der Waals surface area contributed by atoms with Crippen molar-refractivity contribution in [3.8, 4) is 0 Å². The molecule has 0 aliphatic rings. The summed E-state index contributed by atoms with van der Waals surface area (Å²) < 4.78 is 11.5. The predicted octanol–water partition coefficient (Wildman–Crippen LogP) is 1.89.